The van der Waals surface area contributed by atoms with E-state index in [2.05, 4.69) is 103 Å². The smallest absolute Gasteiger partial charge is 0.171 e. The number of hydrogen-bond acceptors (Lipinski definition) is 2. The van der Waals surface area contributed by atoms with Gasteiger partial charge in [0.1, 0.15) is 0 Å². The highest BCUT2D eigenvalue weighted by Crippen LogP contribution is 2.51. The molecule has 1 aromatic heterocycles. The van der Waals surface area contributed by atoms with Crippen molar-refractivity contribution < 1.29 is 4.57 Å². The van der Waals surface area contributed by atoms with E-state index >= 15 is 4.57 Å². The molecule has 1 aliphatic rings. The van der Waals surface area contributed by atoms with Crippen molar-refractivity contribution in [3.05, 3.63) is 164 Å². The van der Waals surface area contributed by atoms with Crippen molar-refractivity contribution in [2.24, 2.45) is 0 Å². The second kappa shape index (κ2) is 10.1. The summed E-state index contributed by atoms with van der Waals surface area (Å²) in [7, 11) is -3.08. The van der Waals surface area contributed by atoms with E-state index in [0.717, 1.165) is 21.3 Å². The number of thiophene rings is 1. The monoisotopic (exact) mass is 634 g/mol. The van der Waals surface area contributed by atoms with E-state index in [1.807, 2.05) is 60.7 Å². The first-order valence-electron chi connectivity index (χ1n) is 15.9. The molecule has 0 N–H and O–H groups in total. The van der Waals surface area contributed by atoms with E-state index in [1.165, 1.54) is 69.7 Å². The Labute approximate surface area is 276 Å². The minimum absolute atomic E-state index is 0.854. The molecule has 8 aromatic carbocycles. The lowest BCUT2D eigenvalue weighted by Crippen LogP contribution is -2.24. The van der Waals surface area contributed by atoms with Gasteiger partial charge in [-0.1, -0.05) is 121 Å². The standard InChI is InChI=1S/C44H27OPS/c45-46(31-12-3-1-4-13-31,32-14-5-2-6-15-32)33-19-23-43-41(27-33)40-26-30(18-22-42(40)47-43)34-20-21-37-39-25-29-11-8-7-10-28(29)24-38(39)36-17-9-16-35(34)44(36)37/h1-27H. The van der Waals surface area contributed by atoms with Crippen LogP contribution in [0.25, 0.3) is 75.1 Å². The molecule has 1 aliphatic carbocycles. The van der Waals surface area contributed by atoms with Crippen LogP contribution in [0.3, 0.4) is 0 Å². The molecule has 0 fully saturated rings. The highest BCUT2D eigenvalue weighted by Gasteiger charge is 2.30. The predicted octanol–water partition coefficient (Wildman–Crippen LogP) is 11.3. The van der Waals surface area contributed by atoms with Crippen LogP contribution in [0.2, 0.25) is 0 Å². The fourth-order valence-electron chi connectivity index (χ4n) is 7.65. The summed E-state index contributed by atoms with van der Waals surface area (Å²) in [6.45, 7) is 0. The molecule has 0 saturated carbocycles. The third-order valence-corrected chi connectivity index (χ3v) is 14.1. The first kappa shape index (κ1) is 26.9. The van der Waals surface area contributed by atoms with Gasteiger partial charge in [0.2, 0.25) is 0 Å². The van der Waals surface area contributed by atoms with Crippen LogP contribution in [0.5, 0.6) is 0 Å². The number of rotatable bonds is 4. The molecular formula is C44H27OPS. The van der Waals surface area contributed by atoms with Crippen molar-refractivity contribution in [1.82, 2.24) is 0 Å². The van der Waals surface area contributed by atoms with Gasteiger partial charge in [0.05, 0.1) is 0 Å². The van der Waals surface area contributed by atoms with E-state index in [0.29, 0.717) is 0 Å². The Morgan fingerprint density at radius 3 is 1.64 bits per heavy atom. The lowest BCUT2D eigenvalue weighted by Gasteiger charge is -2.20. The van der Waals surface area contributed by atoms with Gasteiger partial charge in [-0.3, -0.25) is 0 Å². The largest absolute Gasteiger partial charge is 0.309 e. The zero-order chi connectivity index (χ0) is 31.1. The van der Waals surface area contributed by atoms with Crippen molar-refractivity contribution in [1.29, 1.82) is 0 Å². The topological polar surface area (TPSA) is 17.1 Å². The van der Waals surface area contributed by atoms with Gasteiger partial charge in [-0.15, -0.1) is 11.3 Å². The van der Waals surface area contributed by atoms with Crippen molar-refractivity contribution in [3.63, 3.8) is 0 Å². The summed E-state index contributed by atoms with van der Waals surface area (Å²) in [5.41, 5.74) is 7.68. The first-order chi connectivity index (χ1) is 23.2. The molecule has 220 valence electrons. The van der Waals surface area contributed by atoms with Gasteiger partial charge < -0.3 is 4.57 Å². The maximum absolute atomic E-state index is 15.2. The maximum atomic E-state index is 15.2. The zero-order valence-corrected chi connectivity index (χ0v) is 27.1. The number of fused-ring (bicyclic) bond motifs is 7. The van der Waals surface area contributed by atoms with Crippen LogP contribution in [-0.4, -0.2) is 0 Å². The molecule has 3 heteroatoms. The minimum atomic E-state index is -3.08. The first-order valence-corrected chi connectivity index (χ1v) is 18.5. The van der Waals surface area contributed by atoms with Crippen molar-refractivity contribution in [3.8, 4) is 33.4 Å². The van der Waals surface area contributed by atoms with Crippen molar-refractivity contribution in [2.45, 2.75) is 0 Å². The summed E-state index contributed by atoms with van der Waals surface area (Å²) < 4.78 is 17.6. The highest BCUT2D eigenvalue weighted by molar-refractivity contribution is 7.85. The molecule has 0 radical (unpaired) electrons. The average Bonchev–Trinajstić information content (AvgIpc) is 3.66. The van der Waals surface area contributed by atoms with Crippen LogP contribution in [0.15, 0.2) is 164 Å². The van der Waals surface area contributed by atoms with E-state index < -0.39 is 7.14 Å². The molecule has 10 rings (SSSR count). The number of hydrogen-bond donors (Lipinski definition) is 0. The minimum Gasteiger partial charge on any atom is -0.309 e. The van der Waals surface area contributed by atoms with Gasteiger partial charge >= 0.3 is 0 Å². The predicted molar refractivity (Wildman–Crippen MR) is 204 cm³/mol. The van der Waals surface area contributed by atoms with Crippen LogP contribution in [0, 0.1) is 0 Å². The summed E-state index contributed by atoms with van der Waals surface area (Å²) in [5.74, 6) is 0. The van der Waals surface area contributed by atoms with Gasteiger partial charge in [-0.05, 0) is 97.4 Å². The van der Waals surface area contributed by atoms with Crippen molar-refractivity contribution in [2.75, 3.05) is 0 Å². The molecule has 0 unspecified atom stereocenters. The van der Waals surface area contributed by atoms with Crippen LogP contribution in [0.4, 0.5) is 0 Å². The molecule has 0 spiro atoms. The Morgan fingerprint density at radius 1 is 0.383 bits per heavy atom. The Morgan fingerprint density at radius 2 is 0.957 bits per heavy atom. The normalized spacial score (nSPS) is 12.3. The van der Waals surface area contributed by atoms with Gasteiger partial charge in [-0.25, -0.2) is 0 Å². The summed E-state index contributed by atoms with van der Waals surface area (Å²) in [4.78, 5) is 0. The third-order valence-electron chi connectivity index (χ3n) is 9.87. The second-order valence-electron chi connectivity index (χ2n) is 12.4. The van der Waals surface area contributed by atoms with Crippen LogP contribution < -0.4 is 15.9 Å². The van der Waals surface area contributed by atoms with Gasteiger partial charge in [-0.2, -0.15) is 0 Å². The summed E-state index contributed by atoms with van der Waals surface area (Å²) in [5, 5.41) is 10.1. The maximum Gasteiger partial charge on any atom is 0.171 e. The molecule has 0 saturated heterocycles. The molecule has 47 heavy (non-hydrogen) atoms. The van der Waals surface area contributed by atoms with Gasteiger partial charge in [0.25, 0.3) is 0 Å². The van der Waals surface area contributed by atoms with Crippen LogP contribution >= 0.6 is 18.5 Å². The molecule has 0 atom stereocenters. The van der Waals surface area contributed by atoms with E-state index in [4.69, 9.17) is 0 Å². The van der Waals surface area contributed by atoms with Gasteiger partial charge in [0, 0.05) is 36.1 Å². The van der Waals surface area contributed by atoms with Crippen LogP contribution in [0.1, 0.15) is 0 Å². The highest BCUT2D eigenvalue weighted by atomic mass is 32.1. The Hall–Kier alpha value is -5.27. The van der Waals surface area contributed by atoms with E-state index in [9.17, 15) is 0 Å². The summed E-state index contributed by atoms with van der Waals surface area (Å²) in [6, 6.07) is 57.9. The Bertz CT molecular complexity index is 2670. The Kier molecular flexibility index (Phi) is 5.79. The average molecular weight is 635 g/mol. The fraction of sp³-hybridized carbons (Fsp3) is 0. The van der Waals surface area contributed by atoms with Crippen LogP contribution in [-0.2, 0) is 4.57 Å². The second-order valence-corrected chi connectivity index (χ2v) is 16.3. The molecule has 1 nitrogen and oxygen atoms in total. The molecule has 0 amide bonds. The molecule has 9 aromatic rings. The summed E-state index contributed by atoms with van der Waals surface area (Å²) in [6.07, 6.45) is 0. The number of benzene rings is 8. The van der Waals surface area contributed by atoms with E-state index in [-0.39, 0.29) is 0 Å². The molecule has 1 heterocycles. The van der Waals surface area contributed by atoms with Gasteiger partial charge in [0.15, 0.2) is 7.14 Å². The third kappa shape index (κ3) is 3.93. The Balaban J connectivity index is 1.16. The molecule has 0 aliphatic heterocycles. The summed E-state index contributed by atoms with van der Waals surface area (Å²) >= 11 is 1.80. The quantitative estimate of drug-likeness (QED) is 0.176. The lowest BCUT2D eigenvalue weighted by atomic mass is 9.93. The zero-order valence-electron chi connectivity index (χ0n) is 25.4. The van der Waals surface area contributed by atoms with E-state index in [1.54, 1.807) is 11.3 Å². The molecular weight excluding hydrogens is 608 g/mol. The SMILES string of the molecule is O=P(c1ccccc1)(c1ccccc1)c1ccc2sc3ccc(-c4ccc5c6c(cccc46)-c4cc6ccccc6cc4-5)cc3c2c1. The van der Waals surface area contributed by atoms with Crippen molar-refractivity contribution >= 4 is 76.1 Å². The fourth-order valence-corrected chi connectivity index (χ4v) is 11.4. The lowest BCUT2D eigenvalue weighted by molar-refractivity contribution is 0.592. The molecule has 0 bridgehead atoms.